The molecule has 1 aliphatic rings. The number of rotatable bonds is 3. The Kier molecular flexibility index (Phi) is 3.97. The molecule has 0 aromatic heterocycles. The second kappa shape index (κ2) is 5.70. The quantitative estimate of drug-likeness (QED) is 0.603. The van der Waals surface area contributed by atoms with Crippen molar-refractivity contribution in [2.75, 3.05) is 18.9 Å². The molecule has 1 saturated heterocycles. The zero-order chi connectivity index (χ0) is 15.6. The Morgan fingerprint density at radius 3 is 2.67 bits per heavy atom. The van der Waals surface area contributed by atoms with E-state index in [-0.39, 0.29) is 22.9 Å². The molecule has 0 spiro atoms. The molecule has 8 heteroatoms. The van der Waals surface area contributed by atoms with E-state index in [2.05, 4.69) is 10.6 Å². The topological polar surface area (TPSA) is 119 Å². The van der Waals surface area contributed by atoms with E-state index in [0.29, 0.717) is 13.0 Å². The fraction of sp³-hybridized carbons (Fsp3) is 0.308. The summed E-state index contributed by atoms with van der Waals surface area (Å²) in [6.07, 6.45) is 0.526. The van der Waals surface area contributed by atoms with Crippen LogP contribution >= 0.6 is 0 Å². The third kappa shape index (κ3) is 3.22. The summed E-state index contributed by atoms with van der Waals surface area (Å²) in [5.74, 6) is -1.85. The number of nitrogens with zero attached hydrogens (tertiary/aromatic N) is 1. The molecule has 0 saturated carbocycles. The van der Waals surface area contributed by atoms with Crippen molar-refractivity contribution in [3.05, 3.63) is 23.8 Å². The summed E-state index contributed by atoms with van der Waals surface area (Å²) >= 11 is 0. The van der Waals surface area contributed by atoms with Crippen molar-refractivity contribution in [3.63, 3.8) is 0 Å². The van der Waals surface area contributed by atoms with E-state index < -0.39 is 18.0 Å². The molecule has 1 aliphatic heterocycles. The van der Waals surface area contributed by atoms with E-state index in [1.807, 2.05) is 0 Å². The molecule has 112 valence electrons. The van der Waals surface area contributed by atoms with Crippen molar-refractivity contribution >= 4 is 23.6 Å². The number of nitrogens with one attached hydrogen (secondary N) is 2. The molecular formula is C13H15N3O5. The zero-order valence-corrected chi connectivity index (χ0v) is 11.3. The number of likely N-dealkylation sites (tertiary alicyclic amines) is 1. The molecular weight excluding hydrogens is 278 g/mol. The molecule has 3 amide bonds. The van der Waals surface area contributed by atoms with E-state index in [9.17, 15) is 19.5 Å². The number of benzene rings is 1. The van der Waals surface area contributed by atoms with Crippen molar-refractivity contribution in [2.45, 2.75) is 12.5 Å². The first-order valence-electron chi connectivity index (χ1n) is 6.27. The number of likely N-dealkylation sites (N-methyl/N-ethyl adjacent to an activating group) is 1. The molecule has 1 fully saturated rings. The minimum Gasteiger partial charge on any atom is -0.507 e. The molecule has 2 rings (SSSR count). The van der Waals surface area contributed by atoms with Crippen LogP contribution < -0.4 is 10.6 Å². The van der Waals surface area contributed by atoms with Gasteiger partial charge in [0.2, 0.25) is 5.91 Å². The first kappa shape index (κ1) is 14.6. The Morgan fingerprint density at radius 2 is 2.10 bits per heavy atom. The average Bonchev–Trinajstić information content (AvgIpc) is 2.72. The van der Waals surface area contributed by atoms with Gasteiger partial charge in [-0.05, 0) is 24.6 Å². The van der Waals surface area contributed by atoms with Crippen molar-refractivity contribution in [1.29, 1.82) is 0 Å². The van der Waals surface area contributed by atoms with Gasteiger partial charge in [0.1, 0.15) is 17.4 Å². The fourth-order valence-corrected chi connectivity index (χ4v) is 2.07. The third-order valence-corrected chi connectivity index (χ3v) is 3.22. The summed E-state index contributed by atoms with van der Waals surface area (Å²) < 4.78 is 0. The lowest BCUT2D eigenvalue weighted by atomic mass is 10.2. The number of carboxylic acid groups (broad SMARTS) is 1. The van der Waals surface area contributed by atoms with E-state index in [0.717, 1.165) is 6.07 Å². The van der Waals surface area contributed by atoms with Crippen LogP contribution in [0.15, 0.2) is 18.2 Å². The smallest absolute Gasteiger partial charge is 0.339 e. The Balaban J connectivity index is 2.02. The third-order valence-electron chi connectivity index (χ3n) is 3.22. The van der Waals surface area contributed by atoms with Crippen LogP contribution in [0.2, 0.25) is 0 Å². The van der Waals surface area contributed by atoms with Crippen molar-refractivity contribution < 1.29 is 24.6 Å². The summed E-state index contributed by atoms with van der Waals surface area (Å²) in [5, 5.41) is 23.2. The number of carbonyl (C=O) groups is 3. The standard InChI is InChI=1S/C13H15N3O5/c1-16-5-4-9(11(16)18)15-13(21)14-7-2-3-10(17)8(6-7)12(19)20/h2-3,6,9,17H,4-5H2,1H3,(H,19,20)(H2,14,15,21). The number of anilines is 1. The molecule has 8 nitrogen and oxygen atoms in total. The molecule has 1 unspecified atom stereocenters. The number of phenols is 1. The Morgan fingerprint density at radius 1 is 1.38 bits per heavy atom. The molecule has 1 atom stereocenters. The molecule has 1 aromatic carbocycles. The molecule has 0 bridgehead atoms. The number of hydrogen-bond acceptors (Lipinski definition) is 4. The van der Waals surface area contributed by atoms with Crippen LogP contribution in [0.25, 0.3) is 0 Å². The molecule has 0 aliphatic carbocycles. The van der Waals surface area contributed by atoms with Crippen molar-refractivity contribution in [3.8, 4) is 5.75 Å². The number of carboxylic acids is 1. The number of hydrogen-bond donors (Lipinski definition) is 4. The van der Waals surface area contributed by atoms with Gasteiger partial charge in [-0.1, -0.05) is 0 Å². The normalized spacial score (nSPS) is 17.7. The summed E-state index contributed by atoms with van der Waals surface area (Å²) in [5.41, 5.74) is -0.106. The van der Waals surface area contributed by atoms with Gasteiger partial charge in [-0.15, -0.1) is 0 Å². The maximum absolute atomic E-state index is 11.8. The van der Waals surface area contributed by atoms with Gasteiger partial charge in [-0.3, -0.25) is 4.79 Å². The Bertz CT molecular complexity index is 601. The van der Waals surface area contributed by atoms with Gasteiger partial charge in [0.15, 0.2) is 0 Å². The van der Waals surface area contributed by atoms with Crippen molar-refractivity contribution in [1.82, 2.24) is 10.2 Å². The lowest BCUT2D eigenvalue weighted by Crippen LogP contribution is -2.42. The van der Waals surface area contributed by atoms with Crippen LogP contribution in [-0.4, -0.2) is 52.7 Å². The summed E-state index contributed by atoms with van der Waals surface area (Å²) in [6.45, 7) is 0.576. The SMILES string of the molecule is CN1CCC(NC(=O)Nc2ccc(O)c(C(=O)O)c2)C1=O. The minimum absolute atomic E-state index is 0.165. The molecule has 4 N–H and O–H groups in total. The van der Waals surface area contributed by atoms with E-state index in [1.54, 1.807) is 7.05 Å². The molecule has 1 heterocycles. The predicted molar refractivity (Wildman–Crippen MR) is 73.3 cm³/mol. The second-order valence-electron chi connectivity index (χ2n) is 4.74. The number of urea groups is 1. The highest BCUT2D eigenvalue weighted by atomic mass is 16.4. The monoisotopic (exact) mass is 293 g/mol. The van der Waals surface area contributed by atoms with Crippen LogP contribution in [0.3, 0.4) is 0 Å². The predicted octanol–water partition coefficient (Wildman–Crippen LogP) is 0.443. The van der Waals surface area contributed by atoms with Crippen LogP contribution in [0.5, 0.6) is 5.75 Å². The number of aromatic carboxylic acids is 1. The Labute approximate surface area is 120 Å². The fourth-order valence-electron chi connectivity index (χ4n) is 2.07. The Hall–Kier alpha value is -2.77. The van der Waals surface area contributed by atoms with Crippen molar-refractivity contribution in [2.24, 2.45) is 0 Å². The van der Waals surface area contributed by atoms with E-state index in [1.165, 1.54) is 17.0 Å². The first-order chi connectivity index (χ1) is 9.88. The highest BCUT2D eigenvalue weighted by molar-refractivity contribution is 5.97. The highest BCUT2D eigenvalue weighted by Crippen LogP contribution is 2.21. The van der Waals surface area contributed by atoms with E-state index >= 15 is 0 Å². The lowest BCUT2D eigenvalue weighted by molar-refractivity contribution is -0.128. The maximum atomic E-state index is 11.8. The summed E-state index contributed by atoms with van der Waals surface area (Å²) in [6, 6.07) is 2.49. The van der Waals surface area contributed by atoms with E-state index in [4.69, 9.17) is 5.11 Å². The van der Waals surface area contributed by atoms with Gasteiger partial charge in [0.25, 0.3) is 0 Å². The van der Waals surface area contributed by atoms with Gasteiger partial charge in [0.05, 0.1) is 0 Å². The number of aromatic hydroxyl groups is 1. The summed E-state index contributed by atoms with van der Waals surface area (Å²) in [7, 11) is 1.65. The largest absolute Gasteiger partial charge is 0.507 e. The van der Waals surface area contributed by atoms with Gasteiger partial charge < -0.3 is 25.7 Å². The molecule has 0 radical (unpaired) electrons. The van der Waals surface area contributed by atoms with Crippen LogP contribution in [0.1, 0.15) is 16.8 Å². The number of amides is 3. The lowest BCUT2D eigenvalue weighted by Gasteiger charge is -2.13. The van der Waals surface area contributed by atoms with Gasteiger partial charge in [-0.25, -0.2) is 9.59 Å². The highest BCUT2D eigenvalue weighted by Gasteiger charge is 2.30. The van der Waals surface area contributed by atoms with Crippen LogP contribution in [0, 0.1) is 0 Å². The first-order valence-corrected chi connectivity index (χ1v) is 6.27. The average molecular weight is 293 g/mol. The van der Waals surface area contributed by atoms with Gasteiger partial charge >= 0.3 is 12.0 Å². The van der Waals surface area contributed by atoms with Gasteiger partial charge in [0, 0.05) is 19.3 Å². The maximum Gasteiger partial charge on any atom is 0.339 e. The van der Waals surface area contributed by atoms with Gasteiger partial charge in [-0.2, -0.15) is 0 Å². The molecule has 21 heavy (non-hydrogen) atoms. The number of carbonyl (C=O) groups excluding carboxylic acids is 2. The van der Waals surface area contributed by atoms with Crippen LogP contribution in [0.4, 0.5) is 10.5 Å². The molecule has 1 aromatic rings. The van der Waals surface area contributed by atoms with Crippen LogP contribution in [-0.2, 0) is 4.79 Å². The zero-order valence-electron chi connectivity index (χ0n) is 11.3. The minimum atomic E-state index is -1.30. The summed E-state index contributed by atoms with van der Waals surface area (Å²) in [4.78, 5) is 35.8. The second-order valence-corrected chi connectivity index (χ2v) is 4.74.